The molecule has 0 radical (unpaired) electrons. The van der Waals surface area contributed by atoms with Gasteiger partial charge in [-0.2, -0.15) is 5.26 Å². The van der Waals surface area contributed by atoms with E-state index in [1.165, 1.54) is 6.07 Å². The topological polar surface area (TPSA) is 48.7 Å². The fraction of sp³-hybridized carbons (Fsp3) is 0.143. The third kappa shape index (κ3) is 2.68. The monoisotopic (exact) mass is 259 g/mol. The molecule has 0 saturated carbocycles. The highest BCUT2D eigenvalue weighted by molar-refractivity contribution is 5.64. The Hall–Kier alpha value is -2.48. The zero-order valence-electron chi connectivity index (χ0n) is 10.2. The van der Waals surface area contributed by atoms with Crippen LogP contribution in [0, 0.1) is 23.0 Å². The molecular formula is C14H11F2N3. The van der Waals surface area contributed by atoms with E-state index in [1.54, 1.807) is 12.1 Å². The predicted octanol–water partition coefficient (Wildman–Crippen LogP) is 3.33. The number of nitrogens with one attached hydrogen (secondary N) is 1. The minimum atomic E-state index is -0.923. The van der Waals surface area contributed by atoms with Crippen molar-refractivity contribution >= 4 is 5.82 Å². The van der Waals surface area contributed by atoms with Crippen molar-refractivity contribution in [1.29, 1.82) is 5.26 Å². The van der Waals surface area contributed by atoms with Crippen LogP contribution in [0.5, 0.6) is 0 Å². The summed E-state index contributed by atoms with van der Waals surface area (Å²) < 4.78 is 26.1. The van der Waals surface area contributed by atoms with Gasteiger partial charge in [-0.15, -0.1) is 0 Å². The molecule has 2 rings (SSSR count). The van der Waals surface area contributed by atoms with Crippen LogP contribution in [0.1, 0.15) is 12.5 Å². The van der Waals surface area contributed by atoms with Crippen LogP contribution >= 0.6 is 0 Å². The highest BCUT2D eigenvalue weighted by Gasteiger charge is 2.09. The van der Waals surface area contributed by atoms with Crippen LogP contribution in [0.15, 0.2) is 30.3 Å². The van der Waals surface area contributed by atoms with Gasteiger partial charge in [0.15, 0.2) is 11.6 Å². The SMILES string of the molecule is CCNc1nc(-c2ccc(F)c(F)c2)ccc1C#N. The van der Waals surface area contributed by atoms with Gasteiger partial charge in [0.05, 0.1) is 11.3 Å². The Morgan fingerprint density at radius 1 is 1.21 bits per heavy atom. The molecule has 3 nitrogen and oxygen atoms in total. The van der Waals surface area contributed by atoms with Crippen LogP contribution in [-0.2, 0) is 0 Å². The molecule has 0 saturated heterocycles. The maximum absolute atomic E-state index is 13.2. The standard InChI is InChI=1S/C14H11F2N3/c1-2-18-14-10(8-17)4-6-13(19-14)9-3-5-11(15)12(16)7-9/h3-7H,2H2,1H3,(H,18,19). The van der Waals surface area contributed by atoms with Gasteiger partial charge in [0.2, 0.25) is 0 Å². The third-order valence-corrected chi connectivity index (χ3v) is 2.58. The summed E-state index contributed by atoms with van der Waals surface area (Å²) in [6.07, 6.45) is 0. The number of hydrogen-bond donors (Lipinski definition) is 1. The van der Waals surface area contributed by atoms with Crippen LogP contribution in [0.3, 0.4) is 0 Å². The number of benzene rings is 1. The molecule has 0 unspecified atom stereocenters. The minimum absolute atomic E-state index is 0.410. The first-order valence-corrected chi connectivity index (χ1v) is 5.76. The maximum Gasteiger partial charge on any atom is 0.159 e. The van der Waals surface area contributed by atoms with Gasteiger partial charge in [-0.3, -0.25) is 0 Å². The largest absolute Gasteiger partial charge is 0.369 e. The van der Waals surface area contributed by atoms with E-state index in [-0.39, 0.29) is 0 Å². The average Bonchev–Trinajstić information content (AvgIpc) is 2.42. The van der Waals surface area contributed by atoms with E-state index in [0.717, 1.165) is 12.1 Å². The van der Waals surface area contributed by atoms with Crippen LogP contribution < -0.4 is 5.32 Å². The second-order valence-electron chi connectivity index (χ2n) is 3.86. The second-order valence-corrected chi connectivity index (χ2v) is 3.86. The molecule has 0 spiro atoms. The van der Waals surface area contributed by atoms with E-state index in [2.05, 4.69) is 10.3 Å². The Bertz CT molecular complexity index is 648. The summed E-state index contributed by atoms with van der Waals surface area (Å²) in [6, 6.07) is 8.81. The highest BCUT2D eigenvalue weighted by Crippen LogP contribution is 2.23. The van der Waals surface area contributed by atoms with Crippen LogP contribution in [-0.4, -0.2) is 11.5 Å². The van der Waals surface area contributed by atoms with Gasteiger partial charge in [-0.25, -0.2) is 13.8 Å². The zero-order valence-corrected chi connectivity index (χ0v) is 10.2. The average molecular weight is 259 g/mol. The van der Waals surface area contributed by atoms with Crippen LogP contribution in [0.2, 0.25) is 0 Å². The predicted molar refractivity (Wildman–Crippen MR) is 68.5 cm³/mol. The lowest BCUT2D eigenvalue weighted by molar-refractivity contribution is 0.509. The summed E-state index contributed by atoms with van der Waals surface area (Å²) in [6.45, 7) is 2.50. The molecule has 0 aliphatic heterocycles. The molecule has 96 valence electrons. The number of anilines is 1. The molecule has 19 heavy (non-hydrogen) atoms. The number of hydrogen-bond acceptors (Lipinski definition) is 3. The molecule has 0 amide bonds. The summed E-state index contributed by atoms with van der Waals surface area (Å²) in [4.78, 5) is 4.25. The Labute approximate surface area is 109 Å². The molecular weight excluding hydrogens is 248 g/mol. The molecule has 1 N–H and O–H groups in total. The summed E-state index contributed by atoms with van der Waals surface area (Å²) >= 11 is 0. The fourth-order valence-electron chi connectivity index (χ4n) is 1.67. The Balaban J connectivity index is 2.48. The Morgan fingerprint density at radius 3 is 2.63 bits per heavy atom. The molecule has 1 heterocycles. The molecule has 0 bridgehead atoms. The summed E-state index contributed by atoms with van der Waals surface area (Å²) in [5.41, 5.74) is 1.35. The van der Waals surface area contributed by atoms with Gasteiger partial charge < -0.3 is 5.32 Å². The quantitative estimate of drug-likeness (QED) is 0.919. The van der Waals surface area contributed by atoms with Crippen molar-refractivity contribution in [3.05, 3.63) is 47.5 Å². The summed E-state index contributed by atoms with van der Waals surface area (Å²) in [7, 11) is 0. The maximum atomic E-state index is 13.2. The van der Waals surface area contributed by atoms with E-state index in [0.29, 0.717) is 29.2 Å². The smallest absolute Gasteiger partial charge is 0.159 e. The van der Waals surface area contributed by atoms with Crippen molar-refractivity contribution in [2.75, 3.05) is 11.9 Å². The van der Waals surface area contributed by atoms with E-state index in [4.69, 9.17) is 5.26 Å². The third-order valence-electron chi connectivity index (χ3n) is 2.58. The van der Waals surface area contributed by atoms with Crippen molar-refractivity contribution in [2.45, 2.75) is 6.92 Å². The molecule has 0 atom stereocenters. The van der Waals surface area contributed by atoms with Crippen LogP contribution in [0.4, 0.5) is 14.6 Å². The van der Waals surface area contributed by atoms with Gasteiger partial charge in [-0.1, -0.05) is 0 Å². The lowest BCUT2D eigenvalue weighted by Crippen LogP contribution is -2.02. The number of pyridine rings is 1. The second kappa shape index (κ2) is 5.44. The Morgan fingerprint density at radius 2 is 2.00 bits per heavy atom. The van der Waals surface area contributed by atoms with E-state index in [9.17, 15) is 8.78 Å². The number of rotatable bonds is 3. The van der Waals surface area contributed by atoms with Crippen molar-refractivity contribution in [1.82, 2.24) is 4.98 Å². The van der Waals surface area contributed by atoms with Crippen molar-refractivity contribution in [3.63, 3.8) is 0 Å². The minimum Gasteiger partial charge on any atom is -0.369 e. The molecule has 0 aliphatic rings. The number of aromatic nitrogens is 1. The molecule has 2 aromatic rings. The van der Waals surface area contributed by atoms with Gasteiger partial charge in [0.25, 0.3) is 0 Å². The first-order valence-electron chi connectivity index (χ1n) is 5.76. The normalized spacial score (nSPS) is 10.0. The van der Waals surface area contributed by atoms with E-state index < -0.39 is 11.6 Å². The van der Waals surface area contributed by atoms with Gasteiger partial charge in [0, 0.05) is 12.1 Å². The molecule has 0 fully saturated rings. The Kier molecular flexibility index (Phi) is 3.71. The van der Waals surface area contributed by atoms with Crippen LogP contribution in [0.25, 0.3) is 11.3 Å². The van der Waals surface area contributed by atoms with Gasteiger partial charge >= 0.3 is 0 Å². The van der Waals surface area contributed by atoms with Gasteiger partial charge in [-0.05, 0) is 37.3 Å². The molecule has 1 aromatic heterocycles. The molecule has 1 aromatic carbocycles. The fourth-order valence-corrected chi connectivity index (χ4v) is 1.67. The zero-order chi connectivity index (χ0) is 13.8. The van der Waals surface area contributed by atoms with E-state index in [1.807, 2.05) is 13.0 Å². The summed E-state index contributed by atoms with van der Waals surface area (Å²) in [5, 5.41) is 11.9. The number of nitriles is 1. The van der Waals surface area contributed by atoms with Gasteiger partial charge in [0.1, 0.15) is 11.9 Å². The van der Waals surface area contributed by atoms with E-state index >= 15 is 0 Å². The van der Waals surface area contributed by atoms with Crippen molar-refractivity contribution < 1.29 is 8.78 Å². The van der Waals surface area contributed by atoms with Crippen molar-refractivity contribution in [2.24, 2.45) is 0 Å². The number of nitrogens with zero attached hydrogens (tertiary/aromatic N) is 2. The number of halogens is 2. The highest BCUT2D eigenvalue weighted by atomic mass is 19.2. The lowest BCUT2D eigenvalue weighted by Gasteiger charge is -2.08. The lowest BCUT2D eigenvalue weighted by atomic mass is 10.1. The first kappa shape index (κ1) is 13.0. The van der Waals surface area contributed by atoms with Crippen molar-refractivity contribution in [3.8, 4) is 17.3 Å². The molecule has 0 aliphatic carbocycles. The first-order chi connectivity index (χ1) is 9.15. The molecule has 5 heteroatoms. The summed E-state index contributed by atoms with van der Waals surface area (Å²) in [5.74, 6) is -1.38.